The fourth-order valence-electron chi connectivity index (χ4n) is 4.90. The lowest BCUT2D eigenvalue weighted by atomic mass is 10.1. The van der Waals surface area contributed by atoms with Crippen LogP contribution in [0.4, 0.5) is 0 Å². The standard InChI is InChI=1S/C43H70O6/c1-4-7-10-13-16-19-20-21-22-25-27-30-33-36-42(45)48-39-40(49-43(46)37-34-31-28-24-18-15-12-9-6-3)38-47-41(44)35-32-29-26-23-17-14-11-8-5-2/h7,9-10,12-13,16,18-22,24,40H,4-6,8,11,14-15,17,23,25-39H2,1-3H3/b10-7-,12-9-,16-13-,20-19-,22-21-,24-18-. The van der Waals surface area contributed by atoms with Crippen molar-refractivity contribution in [2.24, 2.45) is 0 Å². The van der Waals surface area contributed by atoms with Crippen LogP contribution >= 0.6 is 0 Å². The van der Waals surface area contributed by atoms with Gasteiger partial charge in [-0.3, -0.25) is 14.4 Å². The molecule has 0 aliphatic carbocycles. The first-order valence-electron chi connectivity index (χ1n) is 19.5. The summed E-state index contributed by atoms with van der Waals surface area (Å²) < 4.78 is 16.5. The van der Waals surface area contributed by atoms with Gasteiger partial charge in [-0.15, -0.1) is 0 Å². The van der Waals surface area contributed by atoms with E-state index in [2.05, 4.69) is 57.2 Å². The summed E-state index contributed by atoms with van der Waals surface area (Å²) >= 11 is 0. The van der Waals surface area contributed by atoms with E-state index in [1.165, 1.54) is 38.5 Å². The normalized spacial score (nSPS) is 12.8. The van der Waals surface area contributed by atoms with E-state index in [-0.39, 0.29) is 37.5 Å². The molecule has 1 atom stereocenters. The lowest BCUT2D eigenvalue weighted by Crippen LogP contribution is -2.30. The highest BCUT2D eigenvalue weighted by Gasteiger charge is 2.19. The van der Waals surface area contributed by atoms with Crippen molar-refractivity contribution in [3.63, 3.8) is 0 Å². The van der Waals surface area contributed by atoms with Crippen LogP contribution in [-0.4, -0.2) is 37.2 Å². The molecule has 0 aromatic carbocycles. The van der Waals surface area contributed by atoms with Gasteiger partial charge in [0.25, 0.3) is 0 Å². The molecule has 0 aliphatic rings. The second kappa shape index (κ2) is 37.7. The molecule has 0 spiro atoms. The molecule has 1 unspecified atom stereocenters. The molecule has 0 rings (SSSR count). The number of carbonyl (C=O) groups is 3. The molecule has 0 heterocycles. The highest BCUT2D eigenvalue weighted by molar-refractivity contribution is 5.71. The molecule has 6 heteroatoms. The SMILES string of the molecule is CC\C=C/C=C\C=C/C=C\CCCCCC(=O)OCC(COC(=O)CCCCCCCCCCC)OC(=O)CCCC/C=C\C/C=C\CC. The first-order valence-corrected chi connectivity index (χ1v) is 19.5. The molecule has 0 bridgehead atoms. The van der Waals surface area contributed by atoms with E-state index < -0.39 is 6.10 Å². The van der Waals surface area contributed by atoms with E-state index in [1.54, 1.807) is 0 Å². The maximum Gasteiger partial charge on any atom is 0.306 e. The molecular formula is C43H70O6. The molecule has 0 aromatic rings. The summed E-state index contributed by atoms with van der Waals surface area (Å²) in [7, 11) is 0. The Hall–Kier alpha value is -3.15. The molecule has 0 saturated carbocycles. The van der Waals surface area contributed by atoms with Crippen molar-refractivity contribution < 1.29 is 28.6 Å². The summed E-state index contributed by atoms with van der Waals surface area (Å²) in [6.07, 6.45) is 44.7. The Labute approximate surface area is 300 Å². The zero-order chi connectivity index (χ0) is 35.9. The van der Waals surface area contributed by atoms with Crippen molar-refractivity contribution in [1.29, 1.82) is 0 Å². The topological polar surface area (TPSA) is 78.9 Å². The average molecular weight is 683 g/mol. The zero-order valence-electron chi connectivity index (χ0n) is 31.4. The van der Waals surface area contributed by atoms with Gasteiger partial charge in [-0.1, -0.05) is 151 Å². The Morgan fingerprint density at radius 3 is 1.51 bits per heavy atom. The minimum absolute atomic E-state index is 0.102. The van der Waals surface area contributed by atoms with Crippen molar-refractivity contribution in [2.75, 3.05) is 13.2 Å². The maximum absolute atomic E-state index is 12.6. The number of hydrogen-bond donors (Lipinski definition) is 0. The Kier molecular flexibility index (Phi) is 35.2. The highest BCUT2D eigenvalue weighted by Crippen LogP contribution is 2.12. The van der Waals surface area contributed by atoms with E-state index in [0.29, 0.717) is 19.3 Å². The van der Waals surface area contributed by atoms with E-state index >= 15 is 0 Å². The van der Waals surface area contributed by atoms with Crippen LogP contribution in [0.5, 0.6) is 0 Å². The molecule has 6 nitrogen and oxygen atoms in total. The van der Waals surface area contributed by atoms with Crippen molar-refractivity contribution in [3.8, 4) is 0 Å². The van der Waals surface area contributed by atoms with Crippen LogP contribution in [0.3, 0.4) is 0 Å². The van der Waals surface area contributed by atoms with Crippen molar-refractivity contribution in [1.82, 2.24) is 0 Å². The molecule has 0 saturated heterocycles. The summed E-state index contributed by atoms with van der Waals surface area (Å²) in [4.78, 5) is 37.4. The van der Waals surface area contributed by atoms with Crippen LogP contribution in [0, 0.1) is 0 Å². The third-order valence-electron chi connectivity index (χ3n) is 7.80. The summed E-state index contributed by atoms with van der Waals surface area (Å²) in [5.41, 5.74) is 0. The van der Waals surface area contributed by atoms with Crippen molar-refractivity contribution >= 4 is 17.9 Å². The Bertz CT molecular complexity index is 971. The summed E-state index contributed by atoms with van der Waals surface area (Å²) in [6.45, 7) is 6.24. The Balaban J connectivity index is 4.49. The monoisotopic (exact) mass is 683 g/mol. The van der Waals surface area contributed by atoms with Gasteiger partial charge in [0, 0.05) is 19.3 Å². The third kappa shape index (κ3) is 36.0. The second-order valence-corrected chi connectivity index (χ2v) is 12.5. The summed E-state index contributed by atoms with van der Waals surface area (Å²) in [6, 6.07) is 0. The van der Waals surface area contributed by atoms with Crippen LogP contribution in [0.25, 0.3) is 0 Å². The van der Waals surface area contributed by atoms with E-state index in [4.69, 9.17) is 14.2 Å². The van der Waals surface area contributed by atoms with Gasteiger partial charge in [-0.05, 0) is 64.2 Å². The first kappa shape index (κ1) is 45.9. The predicted molar refractivity (Wildman–Crippen MR) is 205 cm³/mol. The predicted octanol–water partition coefficient (Wildman–Crippen LogP) is 12.0. The smallest absolute Gasteiger partial charge is 0.306 e. The minimum atomic E-state index is -0.801. The number of unbranched alkanes of at least 4 members (excludes halogenated alkanes) is 13. The highest BCUT2D eigenvalue weighted by atomic mass is 16.6. The number of esters is 3. The van der Waals surface area contributed by atoms with E-state index in [0.717, 1.165) is 77.0 Å². The van der Waals surface area contributed by atoms with Gasteiger partial charge in [0.1, 0.15) is 13.2 Å². The molecule has 0 amide bonds. The summed E-state index contributed by atoms with van der Waals surface area (Å²) in [5.74, 6) is -0.996. The number of rotatable bonds is 33. The second-order valence-electron chi connectivity index (χ2n) is 12.5. The van der Waals surface area contributed by atoms with Gasteiger partial charge in [-0.25, -0.2) is 0 Å². The number of allylic oxidation sites excluding steroid dienone is 12. The van der Waals surface area contributed by atoms with Gasteiger partial charge in [0.2, 0.25) is 0 Å². The minimum Gasteiger partial charge on any atom is -0.462 e. The van der Waals surface area contributed by atoms with Crippen molar-refractivity contribution in [3.05, 3.63) is 72.9 Å². The molecule has 278 valence electrons. The van der Waals surface area contributed by atoms with Crippen LogP contribution < -0.4 is 0 Å². The molecule has 0 aromatic heterocycles. The van der Waals surface area contributed by atoms with Gasteiger partial charge < -0.3 is 14.2 Å². The van der Waals surface area contributed by atoms with Crippen molar-refractivity contribution in [2.45, 2.75) is 168 Å². The summed E-state index contributed by atoms with van der Waals surface area (Å²) in [5, 5.41) is 0. The third-order valence-corrected chi connectivity index (χ3v) is 7.80. The fraction of sp³-hybridized carbons (Fsp3) is 0.651. The lowest BCUT2D eigenvalue weighted by Gasteiger charge is -2.18. The lowest BCUT2D eigenvalue weighted by molar-refractivity contribution is -0.167. The number of ether oxygens (including phenoxy) is 3. The first-order chi connectivity index (χ1) is 24.0. The molecule has 0 radical (unpaired) electrons. The van der Waals surface area contributed by atoms with Gasteiger partial charge in [0.05, 0.1) is 0 Å². The van der Waals surface area contributed by atoms with Gasteiger partial charge in [-0.2, -0.15) is 0 Å². The molecule has 49 heavy (non-hydrogen) atoms. The maximum atomic E-state index is 12.6. The fourth-order valence-corrected chi connectivity index (χ4v) is 4.90. The molecular weight excluding hydrogens is 612 g/mol. The average Bonchev–Trinajstić information content (AvgIpc) is 3.10. The number of hydrogen-bond acceptors (Lipinski definition) is 6. The van der Waals surface area contributed by atoms with Gasteiger partial charge >= 0.3 is 17.9 Å². The number of carbonyl (C=O) groups excluding carboxylic acids is 3. The van der Waals surface area contributed by atoms with Crippen LogP contribution in [0.15, 0.2) is 72.9 Å². The van der Waals surface area contributed by atoms with Crippen LogP contribution in [0.2, 0.25) is 0 Å². The quantitative estimate of drug-likeness (QED) is 0.0225. The Morgan fingerprint density at radius 1 is 0.449 bits per heavy atom. The van der Waals surface area contributed by atoms with Gasteiger partial charge in [0.15, 0.2) is 6.10 Å². The molecule has 0 aliphatic heterocycles. The van der Waals surface area contributed by atoms with Crippen LogP contribution in [0.1, 0.15) is 162 Å². The van der Waals surface area contributed by atoms with Crippen LogP contribution in [-0.2, 0) is 28.6 Å². The largest absolute Gasteiger partial charge is 0.462 e. The molecule has 0 N–H and O–H groups in total. The zero-order valence-corrected chi connectivity index (χ0v) is 31.4. The molecule has 0 fully saturated rings. The Morgan fingerprint density at radius 2 is 0.898 bits per heavy atom. The van der Waals surface area contributed by atoms with E-state index in [1.807, 2.05) is 36.5 Å². The van der Waals surface area contributed by atoms with E-state index in [9.17, 15) is 14.4 Å².